The van der Waals surface area contributed by atoms with Crippen molar-refractivity contribution in [2.45, 2.75) is 31.7 Å². The van der Waals surface area contributed by atoms with Gasteiger partial charge in [0.05, 0.1) is 0 Å². The summed E-state index contributed by atoms with van der Waals surface area (Å²) in [7, 11) is -2.37. The lowest BCUT2D eigenvalue weighted by Gasteiger charge is -2.20. The van der Waals surface area contributed by atoms with Gasteiger partial charge >= 0.3 is 0 Å². The lowest BCUT2D eigenvalue weighted by Crippen LogP contribution is -2.32. The van der Waals surface area contributed by atoms with Crippen molar-refractivity contribution in [3.63, 3.8) is 0 Å². The van der Waals surface area contributed by atoms with Gasteiger partial charge in [0.2, 0.25) is 10.0 Å². The van der Waals surface area contributed by atoms with Gasteiger partial charge in [0.25, 0.3) is 0 Å². The minimum Gasteiger partial charge on any atom is -0.316 e. The second kappa shape index (κ2) is 7.10. The van der Waals surface area contributed by atoms with Gasteiger partial charge < -0.3 is 5.32 Å². The van der Waals surface area contributed by atoms with Gasteiger partial charge in [0.15, 0.2) is 11.6 Å². The largest absolute Gasteiger partial charge is 0.316 e. The molecule has 20 heavy (non-hydrogen) atoms. The van der Waals surface area contributed by atoms with Crippen molar-refractivity contribution in [2.75, 3.05) is 20.1 Å². The minimum atomic E-state index is -4.02. The molecule has 0 aliphatic heterocycles. The standard InChI is InChI=1S/C13H20F2N2O2S/c1-4-6-17(5-2)20(18,19)12-8-10(9-16-3)7-11(14)13(12)15/h7-8,16H,4-6,9H2,1-3H3. The van der Waals surface area contributed by atoms with E-state index in [0.717, 1.165) is 10.4 Å². The maximum Gasteiger partial charge on any atom is 0.246 e. The summed E-state index contributed by atoms with van der Waals surface area (Å²) in [6.45, 7) is 4.24. The van der Waals surface area contributed by atoms with E-state index in [-0.39, 0.29) is 19.6 Å². The minimum absolute atomic E-state index is 0.216. The van der Waals surface area contributed by atoms with E-state index in [2.05, 4.69) is 5.32 Å². The van der Waals surface area contributed by atoms with E-state index >= 15 is 0 Å². The first kappa shape index (κ1) is 17.0. The predicted octanol–water partition coefficient (Wildman–Crippen LogP) is 2.10. The molecule has 0 fully saturated rings. The number of halogens is 2. The molecule has 1 aromatic carbocycles. The molecule has 0 amide bonds. The molecule has 114 valence electrons. The molecule has 0 saturated heterocycles. The molecule has 0 saturated carbocycles. The number of nitrogens with one attached hydrogen (secondary N) is 1. The van der Waals surface area contributed by atoms with Gasteiger partial charge in [-0.3, -0.25) is 0 Å². The van der Waals surface area contributed by atoms with Crippen LogP contribution in [0.1, 0.15) is 25.8 Å². The number of hydrogen-bond donors (Lipinski definition) is 1. The van der Waals surface area contributed by atoms with E-state index in [1.54, 1.807) is 14.0 Å². The van der Waals surface area contributed by atoms with Crippen LogP contribution in [0.5, 0.6) is 0 Å². The first-order valence-corrected chi connectivity index (χ1v) is 7.95. The average molecular weight is 306 g/mol. The van der Waals surface area contributed by atoms with Crippen LogP contribution in [0.15, 0.2) is 17.0 Å². The van der Waals surface area contributed by atoms with Crippen LogP contribution in [0.2, 0.25) is 0 Å². The van der Waals surface area contributed by atoms with E-state index in [1.807, 2.05) is 6.92 Å². The highest BCUT2D eigenvalue weighted by Crippen LogP contribution is 2.23. The third-order valence-electron chi connectivity index (χ3n) is 2.88. The molecule has 0 atom stereocenters. The highest BCUT2D eigenvalue weighted by molar-refractivity contribution is 7.89. The fraction of sp³-hybridized carbons (Fsp3) is 0.538. The summed E-state index contributed by atoms with van der Waals surface area (Å²) in [5, 5.41) is 2.78. The summed E-state index contributed by atoms with van der Waals surface area (Å²) in [6.07, 6.45) is 0.605. The summed E-state index contributed by atoms with van der Waals surface area (Å²) < 4.78 is 53.3. The zero-order chi connectivity index (χ0) is 15.3. The normalized spacial score (nSPS) is 12.1. The second-order valence-electron chi connectivity index (χ2n) is 4.42. The molecule has 7 heteroatoms. The van der Waals surface area contributed by atoms with Crippen molar-refractivity contribution in [1.29, 1.82) is 0 Å². The first-order chi connectivity index (χ1) is 9.38. The molecule has 1 N–H and O–H groups in total. The fourth-order valence-corrected chi connectivity index (χ4v) is 3.61. The molecule has 0 bridgehead atoms. The Morgan fingerprint density at radius 2 is 1.90 bits per heavy atom. The molecule has 0 aromatic heterocycles. The van der Waals surface area contributed by atoms with Gasteiger partial charge in [-0.2, -0.15) is 4.31 Å². The van der Waals surface area contributed by atoms with Gasteiger partial charge in [-0.15, -0.1) is 0 Å². The molecule has 4 nitrogen and oxygen atoms in total. The summed E-state index contributed by atoms with van der Waals surface area (Å²) in [5.41, 5.74) is 0.387. The summed E-state index contributed by atoms with van der Waals surface area (Å²) >= 11 is 0. The topological polar surface area (TPSA) is 49.4 Å². The van der Waals surface area contributed by atoms with Crippen LogP contribution in [-0.2, 0) is 16.6 Å². The zero-order valence-corrected chi connectivity index (χ0v) is 12.7. The molecule has 0 aliphatic rings. The number of nitrogens with zero attached hydrogens (tertiary/aromatic N) is 1. The van der Waals surface area contributed by atoms with Crippen LogP contribution in [0.3, 0.4) is 0 Å². The molecule has 1 rings (SSSR count). The molecular weight excluding hydrogens is 286 g/mol. The van der Waals surface area contributed by atoms with Gasteiger partial charge in [-0.25, -0.2) is 17.2 Å². The van der Waals surface area contributed by atoms with Crippen molar-refractivity contribution in [1.82, 2.24) is 9.62 Å². The molecule has 0 spiro atoms. The van der Waals surface area contributed by atoms with Crippen molar-refractivity contribution >= 4 is 10.0 Å². The zero-order valence-electron chi connectivity index (χ0n) is 11.9. The summed E-state index contributed by atoms with van der Waals surface area (Å²) in [6, 6.07) is 2.18. The molecule has 0 aliphatic carbocycles. The third-order valence-corrected chi connectivity index (χ3v) is 4.85. The van der Waals surface area contributed by atoms with Crippen molar-refractivity contribution in [3.05, 3.63) is 29.3 Å². The fourth-order valence-electron chi connectivity index (χ4n) is 1.95. The molecule has 1 aromatic rings. The van der Waals surface area contributed by atoms with Crippen LogP contribution in [0.4, 0.5) is 8.78 Å². The van der Waals surface area contributed by atoms with Crippen LogP contribution < -0.4 is 5.32 Å². The van der Waals surface area contributed by atoms with Crippen LogP contribution in [0, 0.1) is 11.6 Å². The number of benzene rings is 1. The Morgan fingerprint density at radius 3 is 2.40 bits per heavy atom. The summed E-state index contributed by atoms with van der Waals surface area (Å²) in [5.74, 6) is -2.47. The van der Waals surface area contributed by atoms with E-state index in [9.17, 15) is 17.2 Å². The third kappa shape index (κ3) is 3.53. The van der Waals surface area contributed by atoms with Gasteiger partial charge in [0, 0.05) is 19.6 Å². The Morgan fingerprint density at radius 1 is 1.25 bits per heavy atom. The van der Waals surface area contributed by atoms with Gasteiger partial charge in [0.1, 0.15) is 4.90 Å². The summed E-state index contributed by atoms with van der Waals surface area (Å²) in [4.78, 5) is -0.599. The van der Waals surface area contributed by atoms with Gasteiger partial charge in [-0.05, 0) is 31.2 Å². The van der Waals surface area contributed by atoms with Crippen LogP contribution in [0.25, 0.3) is 0 Å². The van der Waals surface area contributed by atoms with Crippen LogP contribution in [-0.4, -0.2) is 32.9 Å². The Bertz CT molecular complexity index is 562. The van der Waals surface area contributed by atoms with Crippen molar-refractivity contribution in [3.8, 4) is 0 Å². The predicted molar refractivity (Wildman–Crippen MR) is 73.8 cm³/mol. The lowest BCUT2D eigenvalue weighted by atomic mass is 10.2. The SMILES string of the molecule is CCCN(CC)S(=O)(=O)c1cc(CNC)cc(F)c1F. The molecule has 0 unspecified atom stereocenters. The maximum absolute atomic E-state index is 13.9. The first-order valence-electron chi connectivity index (χ1n) is 6.51. The Balaban J connectivity index is 3.36. The Kier molecular flexibility index (Phi) is 6.04. The van der Waals surface area contributed by atoms with Gasteiger partial charge in [-0.1, -0.05) is 13.8 Å². The van der Waals surface area contributed by atoms with E-state index in [4.69, 9.17) is 0 Å². The van der Waals surface area contributed by atoms with Crippen molar-refractivity contribution in [2.24, 2.45) is 0 Å². The molecule has 0 heterocycles. The lowest BCUT2D eigenvalue weighted by molar-refractivity contribution is 0.417. The Labute approximate surface area is 118 Å². The number of hydrogen-bond acceptors (Lipinski definition) is 3. The highest BCUT2D eigenvalue weighted by Gasteiger charge is 2.28. The number of rotatable bonds is 7. The monoisotopic (exact) mass is 306 g/mol. The highest BCUT2D eigenvalue weighted by atomic mass is 32.2. The maximum atomic E-state index is 13.9. The smallest absolute Gasteiger partial charge is 0.246 e. The van der Waals surface area contributed by atoms with Crippen molar-refractivity contribution < 1.29 is 17.2 Å². The Hall–Kier alpha value is -1.05. The number of sulfonamides is 1. The quantitative estimate of drug-likeness (QED) is 0.839. The second-order valence-corrected chi connectivity index (χ2v) is 6.32. The molecule has 0 radical (unpaired) electrons. The van der Waals surface area contributed by atoms with E-state index < -0.39 is 26.6 Å². The molecular formula is C13H20F2N2O2S. The van der Waals surface area contributed by atoms with Crippen LogP contribution >= 0.6 is 0 Å². The van der Waals surface area contributed by atoms with E-state index in [1.165, 1.54) is 6.07 Å². The average Bonchev–Trinajstić information content (AvgIpc) is 2.39. The van der Waals surface area contributed by atoms with E-state index in [0.29, 0.717) is 12.0 Å².